The summed E-state index contributed by atoms with van der Waals surface area (Å²) in [5.74, 6) is -0.205. The number of hydrogen-bond acceptors (Lipinski definition) is 2. The van der Waals surface area contributed by atoms with Crippen LogP contribution in [-0.2, 0) is 9.53 Å². The van der Waals surface area contributed by atoms with Crippen LogP contribution in [0.15, 0.2) is 0 Å². The Balaban J connectivity index is 0. The second-order valence-electron chi connectivity index (χ2n) is 1.79. The van der Waals surface area contributed by atoms with Crippen LogP contribution in [0.1, 0.15) is 19.8 Å². The maximum Gasteiger partial charge on any atom is 1.00 e. The van der Waals surface area contributed by atoms with Crippen molar-refractivity contribution in [2.75, 3.05) is 11.9 Å². The van der Waals surface area contributed by atoms with Crippen molar-refractivity contribution in [3.63, 3.8) is 0 Å². The number of unbranched alkanes of at least 4 members (excludes halogenated alkanes) is 1. The Morgan fingerprint density at radius 1 is 1.64 bits per heavy atom. The minimum atomic E-state index is -0.205. The SMILES string of the molecule is CCOC(=O)[CH-]CCCBr.[Li+]. The van der Waals surface area contributed by atoms with E-state index in [4.69, 9.17) is 0 Å². The summed E-state index contributed by atoms with van der Waals surface area (Å²) in [6, 6.07) is 0. The molecule has 0 amide bonds. The molecule has 0 heterocycles. The molecule has 0 rings (SSSR count). The summed E-state index contributed by atoms with van der Waals surface area (Å²) in [6.07, 6.45) is 3.35. The van der Waals surface area contributed by atoms with Crippen molar-refractivity contribution in [1.82, 2.24) is 0 Å². The van der Waals surface area contributed by atoms with Crippen molar-refractivity contribution < 1.29 is 28.4 Å². The molecular formula is C7H12BrLiO2. The molecule has 0 bridgehead atoms. The molecule has 11 heavy (non-hydrogen) atoms. The van der Waals surface area contributed by atoms with E-state index < -0.39 is 0 Å². The number of carbonyl (C=O) groups is 1. The van der Waals surface area contributed by atoms with Crippen LogP contribution in [0, 0.1) is 6.42 Å². The number of hydrogen-bond donors (Lipinski definition) is 0. The molecule has 0 aliphatic rings. The van der Waals surface area contributed by atoms with Gasteiger partial charge in [-0.2, -0.15) is 6.42 Å². The average molecular weight is 215 g/mol. The van der Waals surface area contributed by atoms with Gasteiger partial charge in [0.15, 0.2) is 5.97 Å². The molecule has 0 saturated carbocycles. The van der Waals surface area contributed by atoms with Crippen LogP contribution >= 0.6 is 15.9 Å². The van der Waals surface area contributed by atoms with Crippen LogP contribution in [-0.4, -0.2) is 17.9 Å². The molecule has 0 aromatic rings. The quantitative estimate of drug-likeness (QED) is 0.192. The van der Waals surface area contributed by atoms with Gasteiger partial charge < -0.3 is 4.74 Å². The first-order valence-corrected chi connectivity index (χ1v) is 4.49. The number of halogens is 1. The molecule has 0 spiro atoms. The van der Waals surface area contributed by atoms with Gasteiger partial charge in [-0.05, 0) is 6.92 Å². The van der Waals surface area contributed by atoms with E-state index in [1.54, 1.807) is 13.3 Å². The van der Waals surface area contributed by atoms with Crippen molar-refractivity contribution in [2.45, 2.75) is 19.8 Å². The summed E-state index contributed by atoms with van der Waals surface area (Å²) in [6.45, 7) is 2.26. The molecule has 4 heteroatoms. The molecule has 0 atom stereocenters. The molecule has 2 nitrogen and oxygen atoms in total. The molecule has 0 aliphatic carbocycles. The van der Waals surface area contributed by atoms with Gasteiger partial charge in [-0.15, -0.1) is 0 Å². The topological polar surface area (TPSA) is 26.3 Å². The zero-order chi connectivity index (χ0) is 7.82. The second-order valence-corrected chi connectivity index (χ2v) is 2.58. The first-order valence-electron chi connectivity index (χ1n) is 3.37. The predicted octanol–water partition coefficient (Wildman–Crippen LogP) is -1.07. The van der Waals surface area contributed by atoms with E-state index in [0.717, 1.165) is 18.2 Å². The van der Waals surface area contributed by atoms with Crippen molar-refractivity contribution in [3.05, 3.63) is 6.42 Å². The molecular weight excluding hydrogens is 203 g/mol. The van der Waals surface area contributed by atoms with Gasteiger partial charge in [0.05, 0.1) is 6.61 Å². The number of ether oxygens (including phenoxy) is 1. The normalized spacial score (nSPS) is 8.18. The van der Waals surface area contributed by atoms with Gasteiger partial charge in [-0.25, -0.2) is 0 Å². The number of carbonyl (C=O) groups excluding carboxylic acids is 1. The van der Waals surface area contributed by atoms with Crippen molar-refractivity contribution in [1.29, 1.82) is 0 Å². The molecule has 0 saturated heterocycles. The summed E-state index contributed by atoms with van der Waals surface area (Å²) in [7, 11) is 0. The van der Waals surface area contributed by atoms with Gasteiger partial charge in [0.2, 0.25) is 0 Å². The van der Waals surface area contributed by atoms with Gasteiger partial charge in [0.1, 0.15) is 0 Å². The zero-order valence-corrected chi connectivity index (χ0v) is 8.69. The van der Waals surface area contributed by atoms with E-state index in [1.807, 2.05) is 0 Å². The van der Waals surface area contributed by atoms with E-state index in [1.165, 1.54) is 0 Å². The van der Waals surface area contributed by atoms with E-state index in [9.17, 15) is 4.79 Å². The molecule has 0 aromatic heterocycles. The molecule has 0 radical (unpaired) electrons. The van der Waals surface area contributed by atoms with Crippen LogP contribution in [0.2, 0.25) is 0 Å². The van der Waals surface area contributed by atoms with E-state index >= 15 is 0 Å². The van der Waals surface area contributed by atoms with Gasteiger partial charge in [0.25, 0.3) is 0 Å². The minimum Gasteiger partial charge on any atom is -0.488 e. The fraction of sp³-hybridized carbons (Fsp3) is 0.714. The molecule has 0 aliphatic heterocycles. The first-order chi connectivity index (χ1) is 4.81. The zero-order valence-electron chi connectivity index (χ0n) is 7.10. The first kappa shape index (κ1) is 14.0. The van der Waals surface area contributed by atoms with E-state index in [0.29, 0.717) is 6.61 Å². The van der Waals surface area contributed by atoms with Gasteiger partial charge in [-0.3, -0.25) is 11.2 Å². The minimum absolute atomic E-state index is 0. The summed E-state index contributed by atoms with van der Waals surface area (Å²) in [5.41, 5.74) is 0. The van der Waals surface area contributed by atoms with Crippen LogP contribution in [0.25, 0.3) is 0 Å². The third-order valence-electron chi connectivity index (χ3n) is 0.935. The van der Waals surface area contributed by atoms with Gasteiger partial charge in [-0.1, -0.05) is 22.4 Å². The summed E-state index contributed by atoms with van der Waals surface area (Å²) in [4.78, 5) is 10.6. The molecule has 60 valence electrons. The Kier molecular flexibility index (Phi) is 13.2. The van der Waals surface area contributed by atoms with Crippen LogP contribution in [0.4, 0.5) is 0 Å². The monoisotopic (exact) mass is 214 g/mol. The smallest absolute Gasteiger partial charge is 0.488 e. The van der Waals surface area contributed by atoms with Crippen LogP contribution < -0.4 is 18.9 Å². The maximum atomic E-state index is 10.6. The van der Waals surface area contributed by atoms with Gasteiger partial charge >= 0.3 is 18.9 Å². The summed E-state index contributed by atoms with van der Waals surface area (Å²) in [5, 5.41) is 0.933. The summed E-state index contributed by atoms with van der Waals surface area (Å²) < 4.78 is 4.68. The van der Waals surface area contributed by atoms with Crippen LogP contribution in [0.5, 0.6) is 0 Å². The Morgan fingerprint density at radius 2 is 2.27 bits per heavy atom. The van der Waals surface area contributed by atoms with Crippen LogP contribution in [0.3, 0.4) is 0 Å². The number of rotatable bonds is 5. The van der Waals surface area contributed by atoms with E-state index in [2.05, 4.69) is 20.7 Å². The fourth-order valence-corrected chi connectivity index (χ4v) is 0.822. The third kappa shape index (κ3) is 10.4. The predicted molar refractivity (Wildman–Crippen MR) is 44.0 cm³/mol. The average Bonchev–Trinajstić information content (AvgIpc) is 1.89. The fourth-order valence-electron chi connectivity index (χ4n) is 0.498. The standard InChI is InChI=1S/C7H12BrO2.Li/c1-2-10-7(9)5-3-4-6-8;/h5H,2-4,6H2,1H3;/q-1;+1. The number of esters is 1. The van der Waals surface area contributed by atoms with Crippen molar-refractivity contribution in [3.8, 4) is 0 Å². The third-order valence-corrected chi connectivity index (χ3v) is 1.50. The maximum absolute atomic E-state index is 10.6. The Morgan fingerprint density at radius 3 is 2.73 bits per heavy atom. The Bertz CT molecular complexity index is 98.4. The molecule has 0 aromatic carbocycles. The Hall–Kier alpha value is 0.417. The largest absolute Gasteiger partial charge is 1.00 e. The molecule has 0 N–H and O–H groups in total. The van der Waals surface area contributed by atoms with Gasteiger partial charge in [0, 0.05) is 5.33 Å². The molecule has 0 unspecified atom stereocenters. The van der Waals surface area contributed by atoms with E-state index in [-0.39, 0.29) is 24.8 Å². The number of alkyl halides is 1. The second kappa shape index (κ2) is 10.4. The van der Waals surface area contributed by atoms with Crippen molar-refractivity contribution >= 4 is 21.9 Å². The summed E-state index contributed by atoms with van der Waals surface area (Å²) >= 11 is 3.27. The molecule has 0 fully saturated rings. The van der Waals surface area contributed by atoms with Crippen molar-refractivity contribution in [2.24, 2.45) is 0 Å². The Labute approximate surface area is 88.4 Å².